The molecule has 4 rings (SSSR count). The Morgan fingerprint density at radius 1 is 1.25 bits per heavy atom. The van der Waals surface area contributed by atoms with Crippen molar-refractivity contribution in [3.05, 3.63) is 35.9 Å². The van der Waals surface area contributed by atoms with Crippen LogP contribution in [0.4, 0.5) is 4.79 Å². The third-order valence-corrected chi connectivity index (χ3v) is 4.46. The number of ether oxygens (including phenoxy) is 4. The summed E-state index contributed by atoms with van der Waals surface area (Å²) >= 11 is 0. The summed E-state index contributed by atoms with van der Waals surface area (Å²) in [6, 6.07) is 9.25. The second-order valence-electron chi connectivity index (χ2n) is 6.63. The second-order valence-corrected chi connectivity index (χ2v) is 6.63. The maximum atomic E-state index is 12.6. The van der Waals surface area contributed by atoms with Gasteiger partial charge in [0.2, 0.25) is 5.91 Å². The highest BCUT2D eigenvalue weighted by molar-refractivity contribution is 5.94. The van der Waals surface area contributed by atoms with Crippen LogP contribution in [-0.2, 0) is 30.2 Å². The topological polar surface area (TPSA) is 74.3 Å². The zero-order chi connectivity index (χ0) is 16.9. The molecule has 3 saturated heterocycles. The molecule has 3 fully saturated rings. The van der Waals surface area contributed by atoms with Crippen LogP contribution in [0.5, 0.6) is 0 Å². The van der Waals surface area contributed by atoms with Gasteiger partial charge in [0.05, 0.1) is 13.0 Å². The number of imide groups is 1. The number of hydrogen-bond donors (Lipinski definition) is 0. The van der Waals surface area contributed by atoms with Gasteiger partial charge < -0.3 is 18.9 Å². The quantitative estimate of drug-likeness (QED) is 0.816. The predicted octanol–water partition coefficient (Wildman–Crippen LogP) is 1.45. The molecule has 0 spiro atoms. The Labute approximate surface area is 139 Å². The van der Waals surface area contributed by atoms with E-state index in [1.165, 1.54) is 0 Å². The van der Waals surface area contributed by atoms with Crippen LogP contribution in [0.2, 0.25) is 0 Å². The largest absolute Gasteiger partial charge is 0.438 e. The summed E-state index contributed by atoms with van der Waals surface area (Å²) in [6.07, 6.45) is -2.74. The summed E-state index contributed by atoms with van der Waals surface area (Å²) in [7, 11) is 0. The van der Waals surface area contributed by atoms with E-state index in [4.69, 9.17) is 18.9 Å². The first-order valence-electron chi connectivity index (χ1n) is 7.98. The first-order valence-corrected chi connectivity index (χ1v) is 7.98. The predicted molar refractivity (Wildman–Crippen MR) is 80.8 cm³/mol. The molecule has 0 bridgehead atoms. The summed E-state index contributed by atoms with van der Waals surface area (Å²) in [5.41, 5.74) is 0.829. The van der Waals surface area contributed by atoms with E-state index in [0.717, 1.165) is 10.5 Å². The normalized spacial score (nSPS) is 33.8. The van der Waals surface area contributed by atoms with Gasteiger partial charge >= 0.3 is 6.09 Å². The van der Waals surface area contributed by atoms with E-state index in [1.807, 2.05) is 30.3 Å². The number of carbonyl (C=O) groups excluding carboxylic acids is 2. The van der Waals surface area contributed by atoms with Gasteiger partial charge in [-0.2, -0.15) is 0 Å². The van der Waals surface area contributed by atoms with Crippen LogP contribution in [0.25, 0.3) is 0 Å². The lowest BCUT2D eigenvalue weighted by Gasteiger charge is -2.37. The highest BCUT2D eigenvalue weighted by atomic mass is 16.8. The SMILES string of the molecule is CC1(C)OC[C@H]2O[C@H]3[C@H](OC(=O)N3C(=O)Cc3ccccc3)[C@H]2O1. The van der Waals surface area contributed by atoms with Gasteiger partial charge in [-0.1, -0.05) is 30.3 Å². The van der Waals surface area contributed by atoms with Crippen molar-refractivity contribution in [3.63, 3.8) is 0 Å². The van der Waals surface area contributed by atoms with Crippen LogP contribution in [-0.4, -0.2) is 53.8 Å². The Morgan fingerprint density at radius 3 is 2.75 bits per heavy atom. The number of fused-ring (bicyclic) bond motifs is 3. The minimum Gasteiger partial charge on any atom is -0.438 e. The van der Waals surface area contributed by atoms with Crippen LogP contribution in [0, 0.1) is 0 Å². The van der Waals surface area contributed by atoms with Crippen LogP contribution in [0.3, 0.4) is 0 Å². The fraction of sp³-hybridized carbons (Fsp3) is 0.529. The number of carbonyl (C=O) groups is 2. The fourth-order valence-corrected chi connectivity index (χ4v) is 3.34. The smallest absolute Gasteiger partial charge is 0.419 e. The highest BCUT2D eigenvalue weighted by Crippen LogP contribution is 2.39. The molecule has 3 aliphatic heterocycles. The lowest BCUT2D eigenvalue weighted by Crippen LogP contribution is -2.50. The Kier molecular flexibility index (Phi) is 3.59. The molecule has 128 valence electrons. The molecule has 0 saturated carbocycles. The number of nitrogens with zero attached hydrogens (tertiary/aromatic N) is 1. The van der Waals surface area contributed by atoms with Crippen LogP contribution in [0.15, 0.2) is 30.3 Å². The summed E-state index contributed by atoms with van der Waals surface area (Å²) in [5, 5.41) is 0. The third kappa shape index (κ3) is 2.58. The summed E-state index contributed by atoms with van der Waals surface area (Å²) < 4.78 is 22.6. The monoisotopic (exact) mass is 333 g/mol. The van der Waals surface area contributed by atoms with Crippen LogP contribution >= 0.6 is 0 Å². The van der Waals surface area contributed by atoms with Gasteiger partial charge in [-0.05, 0) is 19.4 Å². The number of hydrogen-bond acceptors (Lipinski definition) is 6. The molecular formula is C17H19NO6. The first-order chi connectivity index (χ1) is 11.4. The van der Waals surface area contributed by atoms with Crippen molar-refractivity contribution in [2.24, 2.45) is 0 Å². The van der Waals surface area contributed by atoms with E-state index in [0.29, 0.717) is 6.61 Å². The van der Waals surface area contributed by atoms with E-state index < -0.39 is 30.3 Å². The number of amides is 2. The molecule has 7 nitrogen and oxygen atoms in total. The van der Waals surface area contributed by atoms with E-state index in [9.17, 15) is 9.59 Å². The van der Waals surface area contributed by atoms with Gasteiger partial charge in [0.25, 0.3) is 0 Å². The summed E-state index contributed by atoms with van der Waals surface area (Å²) in [6.45, 7) is 3.93. The van der Waals surface area contributed by atoms with Crippen molar-refractivity contribution in [2.75, 3.05) is 6.61 Å². The molecule has 0 aromatic heterocycles. The van der Waals surface area contributed by atoms with E-state index >= 15 is 0 Å². The molecule has 0 N–H and O–H groups in total. The molecule has 24 heavy (non-hydrogen) atoms. The molecule has 3 heterocycles. The maximum Gasteiger partial charge on any atom is 0.419 e. The number of benzene rings is 1. The molecular weight excluding hydrogens is 314 g/mol. The molecule has 4 atom stereocenters. The standard InChI is InChI=1S/C17H19NO6/c1-17(2)21-9-11-13(24-17)14-15(22-11)18(16(20)23-14)12(19)8-10-6-4-3-5-7-10/h3-7,11,13-15H,8-9H2,1-2H3/t11-,13+,14-,15+/m1/s1. The maximum absolute atomic E-state index is 12.6. The van der Waals surface area contributed by atoms with Crippen molar-refractivity contribution in [2.45, 2.75) is 50.6 Å². The van der Waals surface area contributed by atoms with Crippen LogP contribution in [0.1, 0.15) is 19.4 Å². The molecule has 3 aliphatic rings. The lowest BCUT2D eigenvalue weighted by molar-refractivity contribution is -0.301. The average molecular weight is 333 g/mol. The van der Waals surface area contributed by atoms with Crippen molar-refractivity contribution in [1.29, 1.82) is 0 Å². The van der Waals surface area contributed by atoms with E-state index in [1.54, 1.807) is 13.8 Å². The zero-order valence-electron chi connectivity index (χ0n) is 13.5. The van der Waals surface area contributed by atoms with Crippen molar-refractivity contribution in [3.8, 4) is 0 Å². The van der Waals surface area contributed by atoms with Crippen LogP contribution < -0.4 is 0 Å². The minimum atomic E-state index is -0.771. The van der Waals surface area contributed by atoms with E-state index in [-0.39, 0.29) is 18.4 Å². The molecule has 0 unspecified atom stereocenters. The summed E-state index contributed by atoms with van der Waals surface area (Å²) in [5.74, 6) is -1.12. The first kappa shape index (κ1) is 15.6. The van der Waals surface area contributed by atoms with E-state index in [2.05, 4.69) is 0 Å². The minimum absolute atomic E-state index is 0.112. The van der Waals surface area contributed by atoms with Gasteiger partial charge in [-0.3, -0.25) is 4.79 Å². The Hall–Kier alpha value is -1.96. The second kappa shape index (κ2) is 5.54. The Bertz CT molecular complexity index is 660. The molecule has 2 amide bonds. The molecule has 0 radical (unpaired) electrons. The fourth-order valence-electron chi connectivity index (χ4n) is 3.34. The Balaban J connectivity index is 1.52. The van der Waals surface area contributed by atoms with Crippen molar-refractivity contribution < 1.29 is 28.5 Å². The van der Waals surface area contributed by atoms with Gasteiger partial charge in [0.1, 0.15) is 12.2 Å². The van der Waals surface area contributed by atoms with Crippen molar-refractivity contribution in [1.82, 2.24) is 4.90 Å². The van der Waals surface area contributed by atoms with Gasteiger partial charge in [-0.25, -0.2) is 9.69 Å². The molecule has 7 heteroatoms. The van der Waals surface area contributed by atoms with Gasteiger partial charge in [0.15, 0.2) is 18.1 Å². The molecule has 1 aromatic rings. The Morgan fingerprint density at radius 2 is 2.00 bits per heavy atom. The number of rotatable bonds is 2. The third-order valence-electron chi connectivity index (χ3n) is 4.46. The average Bonchev–Trinajstić information content (AvgIpc) is 3.02. The molecule has 1 aromatic carbocycles. The molecule has 0 aliphatic carbocycles. The lowest BCUT2D eigenvalue weighted by atomic mass is 10.1. The zero-order valence-corrected chi connectivity index (χ0v) is 13.5. The van der Waals surface area contributed by atoms with Gasteiger partial charge in [0, 0.05) is 0 Å². The van der Waals surface area contributed by atoms with Gasteiger partial charge in [-0.15, -0.1) is 0 Å². The van der Waals surface area contributed by atoms with Crippen molar-refractivity contribution >= 4 is 12.0 Å². The highest BCUT2D eigenvalue weighted by Gasteiger charge is 2.60. The summed E-state index contributed by atoms with van der Waals surface area (Å²) in [4.78, 5) is 25.8.